The first-order chi connectivity index (χ1) is 13.5. The van der Waals surface area contributed by atoms with Crippen molar-refractivity contribution in [3.63, 3.8) is 0 Å². The van der Waals surface area contributed by atoms with E-state index in [0.29, 0.717) is 25.1 Å². The van der Waals surface area contributed by atoms with Crippen LogP contribution in [0.1, 0.15) is 32.8 Å². The smallest absolute Gasteiger partial charge is 0.408 e. The Morgan fingerprint density at radius 1 is 1.38 bits per heavy atom. The van der Waals surface area contributed by atoms with Gasteiger partial charge in [0.15, 0.2) is 0 Å². The Morgan fingerprint density at radius 3 is 2.69 bits per heavy atom. The lowest BCUT2D eigenvalue weighted by atomic mass is 10.1. The Hall–Kier alpha value is -2.68. The highest BCUT2D eigenvalue weighted by molar-refractivity contribution is 5.86. The molecule has 158 valence electrons. The van der Waals surface area contributed by atoms with E-state index in [-0.39, 0.29) is 24.3 Å². The summed E-state index contributed by atoms with van der Waals surface area (Å²) >= 11 is 0. The van der Waals surface area contributed by atoms with Crippen molar-refractivity contribution in [2.75, 3.05) is 13.1 Å². The summed E-state index contributed by atoms with van der Waals surface area (Å²) in [4.78, 5) is 39.8. The van der Waals surface area contributed by atoms with Crippen molar-refractivity contribution in [3.05, 3.63) is 35.6 Å². The van der Waals surface area contributed by atoms with Crippen molar-refractivity contribution in [1.29, 1.82) is 0 Å². The third kappa shape index (κ3) is 5.03. The Kier molecular flexibility index (Phi) is 5.79. The second kappa shape index (κ2) is 7.98. The minimum absolute atomic E-state index is 0.00921. The van der Waals surface area contributed by atoms with E-state index in [1.807, 2.05) is 0 Å². The highest BCUT2D eigenvalue weighted by Crippen LogP contribution is 2.33. The van der Waals surface area contributed by atoms with Crippen LogP contribution in [-0.4, -0.2) is 69.7 Å². The van der Waals surface area contributed by atoms with Crippen molar-refractivity contribution in [1.82, 2.24) is 15.1 Å². The van der Waals surface area contributed by atoms with Crippen LogP contribution in [-0.2, 0) is 20.9 Å². The molecule has 0 unspecified atom stereocenters. The Balaban J connectivity index is 1.60. The second-order valence-electron chi connectivity index (χ2n) is 8.49. The molecule has 0 aromatic heterocycles. The van der Waals surface area contributed by atoms with E-state index in [2.05, 4.69) is 5.32 Å². The summed E-state index contributed by atoms with van der Waals surface area (Å²) in [5.41, 5.74) is -0.0276. The minimum atomic E-state index is -1.19. The fourth-order valence-electron chi connectivity index (χ4n) is 3.84. The van der Waals surface area contributed by atoms with Gasteiger partial charge in [-0.2, -0.15) is 0 Å². The normalized spacial score (nSPS) is 22.6. The topological polar surface area (TPSA) is 99.2 Å². The van der Waals surface area contributed by atoms with Crippen molar-refractivity contribution >= 4 is 18.0 Å². The van der Waals surface area contributed by atoms with Gasteiger partial charge in [0.2, 0.25) is 5.91 Å². The van der Waals surface area contributed by atoms with Crippen LogP contribution in [0.25, 0.3) is 0 Å². The molecule has 2 saturated heterocycles. The molecule has 3 rings (SSSR count). The molecule has 1 aromatic carbocycles. The molecule has 9 heteroatoms. The largest absolute Gasteiger partial charge is 0.480 e. The highest BCUT2D eigenvalue weighted by Gasteiger charge is 2.50. The highest BCUT2D eigenvalue weighted by atomic mass is 19.1. The number of alkyl carbamates (subject to hydrolysis) is 1. The molecule has 2 amide bonds. The summed E-state index contributed by atoms with van der Waals surface area (Å²) in [5, 5.41) is 11.8. The van der Waals surface area contributed by atoms with Crippen LogP contribution in [0.2, 0.25) is 0 Å². The molecular weight excluding hydrogens is 381 g/mol. The lowest BCUT2D eigenvalue weighted by molar-refractivity contribution is -0.143. The number of aliphatic carboxylic acids is 1. The van der Waals surface area contributed by atoms with Crippen LogP contribution in [0.3, 0.4) is 0 Å². The standard InChI is InChI=1S/C20H26FN3O5/c1-20(2,3)29-19(28)22-15(18(26)27)11-23-10-14-8-16(23)17(25)24(14)9-12-5-4-6-13(21)7-12/h4-7,14-16H,8-11H2,1-3H3,(H,22,28)(H,26,27)/t14-,15+,16-/m1/s1. The third-order valence-electron chi connectivity index (χ3n) is 5.04. The number of hydrogen-bond donors (Lipinski definition) is 2. The van der Waals surface area contributed by atoms with Gasteiger partial charge in [0.1, 0.15) is 17.5 Å². The van der Waals surface area contributed by atoms with Gasteiger partial charge in [-0.1, -0.05) is 12.1 Å². The number of nitrogens with zero attached hydrogens (tertiary/aromatic N) is 2. The van der Waals surface area contributed by atoms with E-state index < -0.39 is 29.7 Å². The van der Waals surface area contributed by atoms with Crippen LogP contribution < -0.4 is 5.32 Å². The first kappa shape index (κ1) is 21.0. The number of halogens is 1. The molecule has 2 aliphatic rings. The average Bonchev–Trinajstić information content (AvgIpc) is 3.12. The fourth-order valence-corrected chi connectivity index (χ4v) is 3.84. The van der Waals surface area contributed by atoms with Crippen LogP contribution >= 0.6 is 0 Å². The van der Waals surface area contributed by atoms with Crippen molar-refractivity contribution in [2.45, 2.75) is 57.5 Å². The fraction of sp³-hybridized carbons (Fsp3) is 0.550. The predicted octanol–water partition coefficient (Wildman–Crippen LogP) is 1.59. The number of rotatable bonds is 6. The van der Waals surface area contributed by atoms with Crippen molar-refractivity contribution in [2.24, 2.45) is 0 Å². The van der Waals surface area contributed by atoms with Gasteiger partial charge in [-0.15, -0.1) is 0 Å². The summed E-state index contributed by atoms with van der Waals surface area (Å²) in [7, 11) is 0. The maximum atomic E-state index is 13.4. The number of hydrogen-bond acceptors (Lipinski definition) is 5. The molecule has 2 fully saturated rings. The monoisotopic (exact) mass is 407 g/mol. The molecule has 0 spiro atoms. The molecule has 0 aliphatic carbocycles. The van der Waals surface area contributed by atoms with E-state index in [9.17, 15) is 23.9 Å². The molecule has 2 aliphatic heterocycles. The third-order valence-corrected chi connectivity index (χ3v) is 5.04. The maximum Gasteiger partial charge on any atom is 0.408 e. The van der Waals surface area contributed by atoms with E-state index >= 15 is 0 Å². The second-order valence-corrected chi connectivity index (χ2v) is 8.49. The van der Waals surface area contributed by atoms with E-state index in [1.54, 1.807) is 42.7 Å². The number of likely N-dealkylation sites (tertiary alicyclic amines) is 2. The Morgan fingerprint density at radius 2 is 2.10 bits per heavy atom. The number of fused-ring (bicyclic) bond motifs is 2. The first-order valence-electron chi connectivity index (χ1n) is 9.55. The zero-order valence-corrected chi connectivity index (χ0v) is 16.7. The van der Waals surface area contributed by atoms with Crippen molar-refractivity contribution < 1.29 is 28.6 Å². The van der Waals surface area contributed by atoms with Gasteiger partial charge in [0, 0.05) is 25.7 Å². The number of carbonyl (C=O) groups excluding carboxylic acids is 2. The Bertz CT molecular complexity index is 810. The number of piperazine rings is 1. The Labute approximate surface area is 168 Å². The quantitative estimate of drug-likeness (QED) is 0.743. The number of ether oxygens (including phenoxy) is 1. The summed E-state index contributed by atoms with van der Waals surface area (Å²) in [5.74, 6) is -1.65. The molecule has 0 radical (unpaired) electrons. The molecule has 29 heavy (non-hydrogen) atoms. The van der Waals surface area contributed by atoms with Gasteiger partial charge in [-0.3, -0.25) is 9.69 Å². The summed E-state index contributed by atoms with van der Waals surface area (Å²) < 4.78 is 18.5. The predicted molar refractivity (Wildman–Crippen MR) is 102 cm³/mol. The van der Waals surface area contributed by atoms with E-state index in [4.69, 9.17) is 4.74 Å². The van der Waals surface area contributed by atoms with Crippen LogP contribution in [0.15, 0.2) is 24.3 Å². The van der Waals surface area contributed by atoms with Gasteiger partial charge in [-0.25, -0.2) is 14.0 Å². The molecule has 3 atom stereocenters. The molecule has 2 N–H and O–H groups in total. The lowest BCUT2D eigenvalue weighted by Gasteiger charge is -2.35. The van der Waals surface area contributed by atoms with Crippen molar-refractivity contribution in [3.8, 4) is 0 Å². The van der Waals surface area contributed by atoms with E-state index in [0.717, 1.165) is 0 Å². The van der Waals surface area contributed by atoms with Gasteiger partial charge >= 0.3 is 12.1 Å². The summed E-state index contributed by atoms with van der Waals surface area (Å²) in [6.07, 6.45) is -0.222. The number of carboxylic acids is 1. The first-order valence-corrected chi connectivity index (χ1v) is 9.55. The number of carboxylic acid groups (broad SMARTS) is 1. The average molecular weight is 407 g/mol. The summed E-state index contributed by atoms with van der Waals surface area (Å²) in [6, 6.07) is 4.45. The molecule has 1 aromatic rings. The number of benzene rings is 1. The van der Waals surface area contributed by atoms with Crippen LogP contribution in [0.5, 0.6) is 0 Å². The van der Waals surface area contributed by atoms with Crippen LogP contribution in [0, 0.1) is 5.82 Å². The molecule has 8 nitrogen and oxygen atoms in total. The number of amides is 2. The molecular formula is C20H26FN3O5. The van der Waals surface area contributed by atoms with Gasteiger partial charge in [0.25, 0.3) is 0 Å². The maximum absolute atomic E-state index is 13.4. The number of nitrogens with one attached hydrogen (secondary N) is 1. The van der Waals surface area contributed by atoms with Gasteiger partial charge in [-0.05, 0) is 44.9 Å². The SMILES string of the molecule is CC(C)(C)OC(=O)N[C@@H](CN1C[C@H]2C[C@@H]1C(=O)N2Cc1cccc(F)c1)C(=O)O. The zero-order valence-electron chi connectivity index (χ0n) is 16.7. The van der Waals surface area contributed by atoms with E-state index in [1.165, 1.54) is 12.1 Å². The summed E-state index contributed by atoms with van der Waals surface area (Å²) in [6.45, 7) is 5.90. The molecule has 2 bridgehead atoms. The van der Waals surface area contributed by atoms with Crippen LogP contribution in [0.4, 0.5) is 9.18 Å². The molecule has 2 heterocycles. The molecule has 0 saturated carbocycles. The van der Waals surface area contributed by atoms with Gasteiger partial charge < -0.3 is 20.1 Å². The van der Waals surface area contributed by atoms with Gasteiger partial charge in [0.05, 0.1) is 6.04 Å². The lowest BCUT2D eigenvalue weighted by Crippen LogP contribution is -2.56. The number of carbonyl (C=O) groups is 3. The minimum Gasteiger partial charge on any atom is -0.480 e. The zero-order chi connectivity index (χ0) is 21.3.